The summed E-state index contributed by atoms with van der Waals surface area (Å²) in [4.78, 5) is 5.45. The lowest BCUT2D eigenvalue weighted by Crippen LogP contribution is -2.66. The molecule has 2 nitrogen and oxygen atoms in total. The maximum atomic E-state index is 2.72. The van der Waals surface area contributed by atoms with Crippen LogP contribution in [0.5, 0.6) is 0 Å². The first kappa shape index (κ1) is 14.0. The van der Waals surface area contributed by atoms with Crippen LogP contribution in [0.25, 0.3) is 0 Å². The van der Waals surface area contributed by atoms with Gasteiger partial charge < -0.3 is 0 Å². The summed E-state index contributed by atoms with van der Waals surface area (Å²) < 4.78 is 0. The zero-order valence-corrected chi connectivity index (χ0v) is 13.1. The predicted octanol–water partition coefficient (Wildman–Crippen LogP) is 2.84. The number of hydrogen-bond donors (Lipinski definition) is 0. The molecule has 3 aliphatic rings. The Morgan fingerprint density at radius 3 is 1.41 bits per heavy atom. The van der Waals surface area contributed by atoms with Crippen molar-refractivity contribution in [3.8, 4) is 0 Å². The monoisotopic (exact) mass is 292 g/mol. The van der Waals surface area contributed by atoms with Crippen LogP contribution >= 0.6 is 0 Å². The minimum absolute atomic E-state index is 0.697. The van der Waals surface area contributed by atoms with Crippen molar-refractivity contribution in [2.45, 2.75) is 24.9 Å². The minimum atomic E-state index is 0.697. The van der Waals surface area contributed by atoms with Crippen molar-refractivity contribution >= 4 is 0 Å². The van der Waals surface area contributed by atoms with Gasteiger partial charge in [-0.2, -0.15) is 0 Å². The van der Waals surface area contributed by atoms with E-state index < -0.39 is 0 Å². The van der Waals surface area contributed by atoms with E-state index in [-0.39, 0.29) is 0 Å². The van der Waals surface area contributed by atoms with E-state index in [0.29, 0.717) is 12.1 Å². The highest BCUT2D eigenvalue weighted by molar-refractivity contribution is 5.19. The van der Waals surface area contributed by atoms with Crippen molar-refractivity contribution in [2.75, 3.05) is 26.2 Å². The van der Waals surface area contributed by atoms with Crippen molar-refractivity contribution < 1.29 is 0 Å². The Bertz CT molecular complexity index is 540. The van der Waals surface area contributed by atoms with Crippen LogP contribution in [0.1, 0.15) is 11.1 Å². The first-order valence-corrected chi connectivity index (χ1v) is 8.44. The summed E-state index contributed by atoms with van der Waals surface area (Å²) in [7, 11) is 0. The van der Waals surface area contributed by atoms with Gasteiger partial charge in [0.05, 0.1) is 0 Å². The van der Waals surface area contributed by atoms with Gasteiger partial charge in [0.1, 0.15) is 0 Å². The lowest BCUT2D eigenvalue weighted by molar-refractivity contribution is -0.0288. The van der Waals surface area contributed by atoms with Crippen LogP contribution < -0.4 is 0 Å². The molecule has 0 aliphatic carbocycles. The fourth-order valence-corrected chi connectivity index (χ4v) is 4.03. The normalized spacial score (nSPS) is 30.4. The lowest BCUT2D eigenvalue weighted by Gasteiger charge is -2.52. The molecule has 0 spiro atoms. The van der Waals surface area contributed by atoms with Crippen LogP contribution in [-0.4, -0.2) is 48.1 Å². The number of nitrogens with zero attached hydrogens (tertiary/aromatic N) is 2. The molecule has 0 aromatic heterocycles. The van der Waals surface area contributed by atoms with Gasteiger partial charge in [-0.05, 0) is 24.0 Å². The molecule has 3 aliphatic heterocycles. The van der Waals surface area contributed by atoms with E-state index in [9.17, 15) is 0 Å². The van der Waals surface area contributed by atoms with Gasteiger partial charge in [0, 0.05) is 38.3 Å². The van der Waals surface area contributed by atoms with Gasteiger partial charge in [0.25, 0.3) is 0 Å². The summed E-state index contributed by atoms with van der Waals surface area (Å²) in [6.07, 6.45) is 2.38. The third kappa shape index (κ3) is 2.94. The van der Waals surface area contributed by atoms with E-state index in [0.717, 1.165) is 0 Å². The van der Waals surface area contributed by atoms with Crippen molar-refractivity contribution in [3.63, 3.8) is 0 Å². The van der Waals surface area contributed by atoms with Crippen LogP contribution in [0, 0.1) is 0 Å². The maximum absolute atomic E-state index is 2.72. The highest BCUT2D eigenvalue weighted by atomic mass is 15.4. The topological polar surface area (TPSA) is 6.48 Å². The summed E-state index contributed by atoms with van der Waals surface area (Å²) in [6.45, 7) is 4.93. The summed E-state index contributed by atoms with van der Waals surface area (Å²) in [5, 5.41) is 0. The lowest BCUT2D eigenvalue weighted by atomic mass is 9.93. The van der Waals surface area contributed by atoms with Gasteiger partial charge in [0.2, 0.25) is 0 Å². The Morgan fingerprint density at radius 2 is 1.05 bits per heavy atom. The second-order valence-corrected chi connectivity index (χ2v) is 6.68. The van der Waals surface area contributed by atoms with Crippen molar-refractivity contribution in [1.82, 2.24) is 9.80 Å². The van der Waals surface area contributed by atoms with E-state index in [1.807, 2.05) is 0 Å². The van der Waals surface area contributed by atoms with Crippen LogP contribution in [0.2, 0.25) is 0 Å². The quantitative estimate of drug-likeness (QED) is 0.855. The second kappa shape index (κ2) is 6.23. The van der Waals surface area contributed by atoms with E-state index >= 15 is 0 Å². The largest absolute Gasteiger partial charge is 0.296 e. The summed E-state index contributed by atoms with van der Waals surface area (Å²) in [5.41, 5.74) is 2.95. The van der Waals surface area contributed by atoms with Crippen LogP contribution in [0.4, 0.5) is 0 Å². The number of benzene rings is 2. The SMILES string of the molecule is c1ccc(CC2CN3CCN2CC3Cc2ccccc2)cc1. The molecule has 2 bridgehead atoms. The summed E-state index contributed by atoms with van der Waals surface area (Å²) in [5.74, 6) is 0. The fraction of sp³-hybridized carbons (Fsp3) is 0.400. The molecule has 3 saturated heterocycles. The number of fused-ring (bicyclic) bond motifs is 3. The highest BCUT2D eigenvalue weighted by Gasteiger charge is 2.37. The Morgan fingerprint density at radius 1 is 0.636 bits per heavy atom. The average molecular weight is 292 g/mol. The standard InChI is InChI=1S/C20H24N2/c1-3-7-17(8-4-1)13-19-15-22-12-11-21(19)16-20(22)14-18-9-5-2-6-10-18/h1-10,19-20H,11-16H2. The summed E-state index contributed by atoms with van der Waals surface area (Å²) >= 11 is 0. The number of hydrogen-bond acceptors (Lipinski definition) is 2. The molecule has 0 N–H and O–H groups in total. The Balaban J connectivity index is 1.41. The van der Waals surface area contributed by atoms with Gasteiger partial charge in [-0.15, -0.1) is 0 Å². The molecule has 2 aromatic carbocycles. The number of piperazine rings is 3. The second-order valence-electron chi connectivity index (χ2n) is 6.68. The van der Waals surface area contributed by atoms with Gasteiger partial charge in [0.15, 0.2) is 0 Å². The molecule has 3 fully saturated rings. The average Bonchev–Trinajstić information content (AvgIpc) is 2.58. The van der Waals surface area contributed by atoms with Gasteiger partial charge in [-0.1, -0.05) is 60.7 Å². The van der Waals surface area contributed by atoms with Crippen LogP contribution in [0.3, 0.4) is 0 Å². The first-order chi connectivity index (χ1) is 10.9. The molecule has 2 aromatic rings. The van der Waals surface area contributed by atoms with Crippen molar-refractivity contribution in [2.24, 2.45) is 0 Å². The molecule has 0 saturated carbocycles. The Hall–Kier alpha value is -1.64. The molecule has 0 radical (unpaired) electrons. The molecular formula is C20H24N2. The third-order valence-corrected chi connectivity index (χ3v) is 5.23. The molecule has 0 amide bonds. The fourth-order valence-electron chi connectivity index (χ4n) is 4.03. The molecule has 4 unspecified atom stereocenters. The zero-order valence-electron chi connectivity index (χ0n) is 13.1. The van der Waals surface area contributed by atoms with E-state index in [2.05, 4.69) is 70.5 Å². The van der Waals surface area contributed by atoms with Gasteiger partial charge >= 0.3 is 0 Å². The molecular weight excluding hydrogens is 268 g/mol. The first-order valence-electron chi connectivity index (χ1n) is 8.44. The smallest absolute Gasteiger partial charge is 0.0264 e. The molecule has 22 heavy (non-hydrogen) atoms. The molecule has 5 rings (SSSR count). The molecule has 2 heteroatoms. The van der Waals surface area contributed by atoms with Gasteiger partial charge in [-0.25, -0.2) is 0 Å². The third-order valence-electron chi connectivity index (χ3n) is 5.23. The summed E-state index contributed by atoms with van der Waals surface area (Å²) in [6, 6.07) is 23.3. The van der Waals surface area contributed by atoms with Crippen LogP contribution in [-0.2, 0) is 12.8 Å². The molecule has 3 heterocycles. The minimum Gasteiger partial charge on any atom is -0.296 e. The highest BCUT2D eigenvalue weighted by Crippen LogP contribution is 2.25. The van der Waals surface area contributed by atoms with E-state index in [4.69, 9.17) is 0 Å². The van der Waals surface area contributed by atoms with Crippen LogP contribution in [0.15, 0.2) is 60.7 Å². The van der Waals surface area contributed by atoms with Crippen molar-refractivity contribution in [3.05, 3.63) is 71.8 Å². The van der Waals surface area contributed by atoms with E-state index in [1.54, 1.807) is 0 Å². The Kier molecular flexibility index (Phi) is 3.96. The van der Waals surface area contributed by atoms with Gasteiger partial charge in [-0.3, -0.25) is 9.80 Å². The predicted molar refractivity (Wildman–Crippen MR) is 91.0 cm³/mol. The molecule has 4 atom stereocenters. The zero-order chi connectivity index (χ0) is 14.8. The van der Waals surface area contributed by atoms with Crippen molar-refractivity contribution in [1.29, 1.82) is 0 Å². The number of rotatable bonds is 4. The molecule has 114 valence electrons. The van der Waals surface area contributed by atoms with E-state index in [1.165, 1.54) is 50.1 Å². The maximum Gasteiger partial charge on any atom is 0.0264 e. The Labute approximate surface area is 133 Å².